The summed E-state index contributed by atoms with van der Waals surface area (Å²) in [6.07, 6.45) is 0.0788. The van der Waals surface area contributed by atoms with E-state index in [9.17, 15) is 4.79 Å². The molecule has 2 aromatic rings. The molecule has 1 fully saturated rings. The molecule has 1 atom stereocenters. The second kappa shape index (κ2) is 8.91. The average molecular weight is 368 g/mol. The van der Waals surface area contributed by atoms with Gasteiger partial charge in [0.2, 0.25) is 0 Å². The lowest BCUT2D eigenvalue weighted by molar-refractivity contribution is -0.122. The standard InChI is InChI=1S/C22H28N2O3/c1-4-21(27-20-14-16(2)13-17(3)15-20)22(25)23-18-5-7-19(8-6-18)24-9-11-26-12-10-24/h5-8,13-15,21H,4,9-12H2,1-3H3,(H,23,25)/t21-/m1/s1. The van der Waals surface area contributed by atoms with Crippen molar-refractivity contribution in [3.05, 3.63) is 53.6 Å². The van der Waals surface area contributed by atoms with E-state index in [4.69, 9.17) is 9.47 Å². The van der Waals surface area contributed by atoms with Crippen LogP contribution in [0.1, 0.15) is 24.5 Å². The molecule has 1 heterocycles. The van der Waals surface area contributed by atoms with Crippen molar-refractivity contribution in [2.24, 2.45) is 0 Å². The molecule has 0 spiro atoms. The molecule has 0 radical (unpaired) electrons. The van der Waals surface area contributed by atoms with Crippen molar-refractivity contribution in [2.75, 3.05) is 36.5 Å². The minimum Gasteiger partial charge on any atom is -0.481 e. The summed E-state index contributed by atoms with van der Waals surface area (Å²) in [4.78, 5) is 14.9. The fraction of sp³-hybridized carbons (Fsp3) is 0.409. The SMILES string of the molecule is CC[C@@H](Oc1cc(C)cc(C)c1)C(=O)Nc1ccc(N2CCOCC2)cc1. The van der Waals surface area contributed by atoms with E-state index in [-0.39, 0.29) is 5.91 Å². The van der Waals surface area contributed by atoms with Gasteiger partial charge >= 0.3 is 0 Å². The van der Waals surface area contributed by atoms with E-state index in [1.165, 1.54) is 0 Å². The Morgan fingerprint density at radius 3 is 2.33 bits per heavy atom. The maximum absolute atomic E-state index is 12.6. The van der Waals surface area contributed by atoms with E-state index in [0.29, 0.717) is 6.42 Å². The molecule has 3 rings (SSSR count). The lowest BCUT2D eigenvalue weighted by Gasteiger charge is -2.29. The van der Waals surface area contributed by atoms with Crippen LogP contribution in [0.25, 0.3) is 0 Å². The molecular formula is C22H28N2O3. The van der Waals surface area contributed by atoms with Crippen molar-refractivity contribution in [3.8, 4) is 5.75 Å². The summed E-state index contributed by atoms with van der Waals surface area (Å²) in [6.45, 7) is 9.31. The number of hydrogen-bond donors (Lipinski definition) is 1. The molecule has 1 amide bonds. The third-order valence-corrected chi connectivity index (χ3v) is 4.65. The molecule has 1 aliphatic rings. The zero-order valence-corrected chi connectivity index (χ0v) is 16.3. The minimum absolute atomic E-state index is 0.129. The number of carbonyl (C=O) groups excluding carboxylic acids is 1. The number of aryl methyl sites for hydroxylation is 2. The first-order valence-electron chi connectivity index (χ1n) is 9.53. The quantitative estimate of drug-likeness (QED) is 0.839. The number of amides is 1. The molecule has 1 saturated heterocycles. The fourth-order valence-electron chi connectivity index (χ4n) is 3.29. The highest BCUT2D eigenvalue weighted by molar-refractivity contribution is 5.94. The van der Waals surface area contributed by atoms with Crippen molar-refractivity contribution in [1.82, 2.24) is 0 Å². The lowest BCUT2D eigenvalue weighted by atomic mass is 10.1. The van der Waals surface area contributed by atoms with E-state index >= 15 is 0 Å². The van der Waals surface area contributed by atoms with Gasteiger partial charge in [0.05, 0.1) is 13.2 Å². The van der Waals surface area contributed by atoms with Gasteiger partial charge in [0.15, 0.2) is 6.10 Å². The minimum atomic E-state index is -0.523. The molecular weight excluding hydrogens is 340 g/mol. The first kappa shape index (κ1) is 19.2. The average Bonchev–Trinajstić information content (AvgIpc) is 2.66. The van der Waals surface area contributed by atoms with Crippen LogP contribution in [-0.2, 0) is 9.53 Å². The molecule has 5 heteroatoms. The van der Waals surface area contributed by atoms with Crippen LogP contribution < -0.4 is 15.0 Å². The zero-order chi connectivity index (χ0) is 19.2. The Balaban J connectivity index is 1.62. The summed E-state index contributed by atoms with van der Waals surface area (Å²) in [6, 6.07) is 13.9. The Bertz CT molecular complexity index is 747. The number of rotatable bonds is 6. The number of benzene rings is 2. The van der Waals surface area contributed by atoms with E-state index < -0.39 is 6.10 Å². The van der Waals surface area contributed by atoms with Gasteiger partial charge < -0.3 is 19.7 Å². The highest BCUT2D eigenvalue weighted by atomic mass is 16.5. The number of morpholine rings is 1. The van der Waals surface area contributed by atoms with Gasteiger partial charge in [-0.05, 0) is 67.8 Å². The van der Waals surface area contributed by atoms with Gasteiger partial charge in [0.25, 0.3) is 5.91 Å². The third kappa shape index (κ3) is 5.23. The topological polar surface area (TPSA) is 50.8 Å². The predicted molar refractivity (Wildman–Crippen MR) is 109 cm³/mol. The number of ether oxygens (including phenoxy) is 2. The van der Waals surface area contributed by atoms with Crippen LogP contribution in [0.2, 0.25) is 0 Å². The molecule has 0 aromatic heterocycles. The van der Waals surface area contributed by atoms with Gasteiger partial charge in [-0.25, -0.2) is 0 Å². The van der Waals surface area contributed by atoms with Gasteiger partial charge in [-0.2, -0.15) is 0 Å². The highest BCUT2D eigenvalue weighted by Gasteiger charge is 2.19. The van der Waals surface area contributed by atoms with Crippen LogP contribution in [0.15, 0.2) is 42.5 Å². The summed E-state index contributed by atoms with van der Waals surface area (Å²) in [5, 5.41) is 2.97. The van der Waals surface area contributed by atoms with Gasteiger partial charge in [0, 0.05) is 24.5 Å². The molecule has 0 bridgehead atoms. The predicted octanol–water partition coefficient (Wildman–Crippen LogP) is 3.94. The molecule has 0 unspecified atom stereocenters. The van der Waals surface area contributed by atoms with Crippen LogP contribution in [-0.4, -0.2) is 38.3 Å². The Hall–Kier alpha value is -2.53. The Labute approximate surface area is 161 Å². The van der Waals surface area contributed by atoms with Crippen molar-refractivity contribution >= 4 is 17.3 Å². The Kier molecular flexibility index (Phi) is 6.35. The monoisotopic (exact) mass is 368 g/mol. The lowest BCUT2D eigenvalue weighted by Crippen LogP contribution is -2.36. The number of nitrogens with zero attached hydrogens (tertiary/aromatic N) is 1. The van der Waals surface area contributed by atoms with Crippen LogP contribution in [0, 0.1) is 13.8 Å². The van der Waals surface area contributed by atoms with E-state index in [2.05, 4.69) is 16.3 Å². The molecule has 144 valence electrons. The van der Waals surface area contributed by atoms with Crippen LogP contribution >= 0.6 is 0 Å². The van der Waals surface area contributed by atoms with Gasteiger partial charge in [-0.1, -0.05) is 13.0 Å². The van der Waals surface area contributed by atoms with Gasteiger partial charge in [-0.15, -0.1) is 0 Å². The normalized spacial score (nSPS) is 15.3. The molecule has 5 nitrogen and oxygen atoms in total. The smallest absolute Gasteiger partial charge is 0.265 e. The molecule has 0 aliphatic carbocycles. The first-order chi connectivity index (χ1) is 13.0. The molecule has 2 aromatic carbocycles. The zero-order valence-electron chi connectivity index (χ0n) is 16.3. The summed E-state index contributed by atoms with van der Waals surface area (Å²) < 4.78 is 11.3. The van der Waals surface area contributed by atoms with Crippen molar-refractivity contribution in [1.29, 1.82) is 0 Å². The maximum atomic E-state index is 12.6. The van der Waals surface area contributed by atoms with Crippen molar-refractivity contribution < 1.29 is 14.3 Å². The van der Waals surface area contributed by atoms with Crippen molar-refractivity contribution in [3.63, 3.8) is 0 Å². The molecule has 0 saturated carbocycles. The molecule has 1 aliphatic heterocycles. The number of anilines is 2. The van der Waals surface area contributed by atoms with Gasteiger partial charge in [0.1, 0.15) is 5.75 Å². The second-order valence-corrected chi connectivity index (χ2v) is 6.97. The second-order valence-electron chi connectivity index (χ2n) is 6.97. The number of carbonyl (C=O) groups is 1. The van der Waals surface area contributed by atoms with Crippen LogP contribution in [0.4, 0.5) is 11.4 Å². The summed E-state index contributed by atoms with van der Waals surface area (Å²) in [7, 11) is 0. The number of hydrogen-bond acceptors (Lipinski definition) is 4. The summed E-state index contributed by atoms with van der Waals surface area (Å²) in [5.41, 5.74) is 4.17. The molecule has 27 heavy (non-hydrogen) atoms. The Morgan fingerprint density at radius 2 is 1.74 bits per heavy atom. The van der Waals surface area contributed by atoms with Crippen LogP contribution in [0.3, 0.4) is 0 Å². The van der Waals surface area contributed by atoms with E-state index in [1.54, 1.807) is 0 Å². The fourth-order valence-corrected chi connectivity index (χ4v) is 3.29. The largest absolute Gasteiger partial charge is 0.481 e. The van der Waals surface area contributed by atoms with Crippen molar-refractivity contribution in [2.45, 2.75) is 33.3 Å². The third-order valence-electron chi connectivity index (χ3n) is 4.65. The maximum Gasteiger partial charge on any atom is 0.265 e. The molecule has 1 N–H and O–H groups in total. The highest BCUT2D eigenvalue weighted by Crippen LogP contribution is 2.21. The van der Waals surface area contributed by atoms with E-state index in [1.807, 2.05) is 57.2 Å². The summed E-state index contributed by atoms with van der Waals surface area (Å²) >= 11 is 0. The van der Waals surface area contributed by atoms with E-state index in [0.717, 1.165) is 54.6 Å². The van der Waals surface area contributed by atoms with Crippen LogP contribution in [0.5, 0.6) is 5.75 Å². The first-order valence-corrected chi connectivity index (χ1v) is 9.53. The van der Waals surface area contributed by atoms with Gasteiger partial charge in [-0.3, -0.25) is 4.79 Å². The summed E-state index contributed by atoms with van der Waals surface area (Å²) in [5.74, 6) is 0.605. The number of nitrogens with one attached hydrogen (secondary N) is 1. The Morgan fingerprint density at radius 1 is 1.11 bits per heavy atom.